The minimum absolute atomic E-state index is 0.0724. The fraction of sp³-hybridized carbons (Fsp3) is 0.217. The third-order valence-electron chi connectivity index (χ3n) is 4.75. The summed E-state index contributed by atoms with van der Waals surface area (Å²) in [6, 6.07) is 17.8. The van der Waals surface area contributed by atoms with Gasteiger partial charge in [0.15, 0.2) is 0 Å². The molecule has 2 aromatic carbocycles. The summed E-state index contributed by atoms with van der Waals surface area (Å²) < 4.78 is 1.84. The number of hydrogen-bond acceptors (Lipinski definition) is 6. The van der Waals surface area contributed by atoms with Gasteiger partial charge in [-0.05, 0) is 38.1 Å². The summed E-state index contributed by atoms with van der Waals surface area (Å²) in [5.74, 6) is 1.16. The van der Waals surface area contributed by atoms with Gasteiger partial charge in [-0.3, -0.25) is 4.79 Å². The average molecular weight is 416 g/mol. The SMILES string of the molecule is Cc1ccc(Nc2cc(C)nc(NCCNC(=O)Cn3cnc4ccccc43)n2)cc1. The first kappa shape index (κ1) is 20.3. The van der Waals surface area contributed by atoms with Crippen molar-refractivity contribution in [2.45, 2.75) is 20.4 Å². The Labute approximate surface area is 180 Å². The van der Waals surface area contributed by atoms with Crippen molar-refractivity contribution in [3.63, 3.8) is 0 Å². The molecule has 0 aliphatic heterocycles. The first-order valence-electron chi connectivity index (χ1n) is 10.2. The Hall–Kier alpha value is -3.94. The van der Waals surface area contributed by atoms with Crippen LogP contribution in [0.2, 0.25) is 0 Å². The molecule has 0 unspecified atom stereocenters. The van der Waals surface area contributed by atoms with E-state index >= 15 is 0 Å². The molecule has 4 rings (SSSR count). The number of carbonyl (C=O) groups is 1. The van der Waals surface area contributed by atoms with E-state index in [2.05, 4.69) is 37.8 Å². The molecule has 31 heavy (non-hydrogen) atoms. The Morgan fingerprint density at radius 2 is 1.81 bits per heavy atom. The van der Waals surface area contributed by atoms with Crippen LogP contribution in [-0.4, -0.2) is 38.5 Å². The number of hydrogen-bond donors (Lipinski definition) is 3. The maximum Gasteiger partial charge on any atom is 0.240 e. The lowest BCUT2D eigenvalue weighted by molar-refractivity contribution is -0.121. The average Bonchev–Trinajstić information content (AvgIpc) is 3.15. The highest BCUT2D eigenvalue weighted by molar-refractivity contribution is 5.80. The predicted octanol–water partition coefficient (Wildman–Crippen LogP) is 3.42. The molecule has 0 aliphatic rings. The Balaban J connectivity index is 1.27. The second-order valence-electron chi connectivity index (χ2n) is 7.35. The molecule has 0 spiro atoms. The van der Waals surface area contributed by atoms with Crippen molar-refractivity contribution in [2.24, 2.45) is 0 Å². The highest BCUT2D eigenvalue weighted by atomic mass is 16.1. The molecule has 0 fully saturated rings. The van der Waals surface area contributed by atoms with Crippen LogP contribution in [0.1, 0.15) is 11.3 Å². The molecule has 0 atom stereocenters. The van der Waals surface area contributed by atoms with Crippen LogP contribution in [0, 0.1) is 13.8 Å². The van der Waals surface area contributed by atoms with Crippen molar-refractivity contribution in [1.29, 1.82) is 0 Å². The molecule has 2 heterocycles. The second-order valence-corrected chi connectivity index (χ2v) is 7.35. The predicted molar refractivity (Wildman–Crippen MR) is 122 cm³/mol. The quantitative estimate of drug-likeness (QED) is 0.382. The number of aromatic nitrogens is 4. The fourth-order valence-corrected chi connectivity index (χ4v) is 3.22. The van der Waals surface area contributed by atoms with E-state index in [-0.39, 0.29) is 12.5 Å². The summed E-state index contributed by atoms with van der Waals surface area (Å²) >= 11 is 0. The van der Waals surface area contributed by atoms with Gasteiger partial charge in [0.2, 0.25) is 11.9 Å². The molecule has 0 saturated heterocycles. The van der Waals surface area contributed by atoms with E-state index in [1.54, 1.807) is 6.33 Å². The lowest BCUT2D eigenvalue weighted by atomic mass is 10.2. The van der Waals surface area contributed by atoms with Gasteiger partial charge in [-0.2, -0.15) is 4.98 Å². The summed E-state index contributed by atoms with van der Waals surface area (Å²) in [6.07, 6.45) is 1.69. The van der Waals surface area contributed by atoms with Crippen molar-refractivity contribution in [3.05, 3.63) is 72.2 Å². The zero-order valence-electron chi connectivity index (χ0n) is 17.6. The topological polar surface area (TPSA) is 96.8 Å². The molecular weight excluding hydrogens is 390 g/mol. The molecule has 158 valence electrons. The van der Waals surface area contributed by atoms with E-state index in [4.69, 9.17) is 0 Å². The highest BCUT2D eigenvalue weighted by Crippen LogP contribution is 2.17. The summed E-state index contributed by atoms with van der Waals surface area (Å²) in [5.41, 5.74) is 4.84. The smallest absolute Gasteiger partial charge is 0.240 e. The molecular formula is C23H25N7O. The van der Waals surface area contributed by atoms with Crippen LogP contribution in [0.15, 0.2) is 60.9 Å². The van der Waals surface area contributed by atoms with E-state index < -0.39 is 0 Å². The largest absolute Gasteiger partial charge is 0.353 e. The van der Waals surface area contributed by atoms with Gasteiger partial charge in [-0.1, -0.05) is 29.8 Å². The van der Waals surface area contributed by atoms with Crippen molar-refractivity contribution >= 4 is 34.4 Å². The van der Waals surface area contributed by atoms with Gasteiger partial charge >= 0.3 is 0 Å². The van der Waals surface area contributed by atoms with Crippen LogP contribution < -0.4 is 16.0 Å². The number of fused-ring (bicyclic) bond motifs is 1. The van der Waals surface area contributed by atoms with E-state index in [0.717, 1.165) is 28.2 Å². The third-order valence-corrected chi connectivity index (χ3v) is 4.75. The lowest BCUT2D eigenvalue weighted by Gasteiger charge is -2.11. The van der Waals surface area contributed by atoms with Gasteiger partial charge in [0.05, 0.1) is 17.4 Å². The fourth-order valence-electron chi connectivity index (χ4n) is 3.22. The van der Waals surface area contributed by atoms with Crippen LogP contribution in [0.5, 0.6) is 0 Å². The molecule has 0 aliphatic carbocycles. The number of amides is 1. The number of anilines is 3. The van der Waals surface area contributed by atoms with Gasteiger partial charge < -0.3 is 20.5 Å². The highest BCUT2D eigenvalue weighted by Gasteiger charge is 2.07. The summed E-state index contributed by atoms with van der Waals surface area (Å²) in [7, 11) is 0. The molecule has 0 radical (unpaired) electrons. The van der Waals surface area contributed by atoms with E-state index in [0.29, 0.717) is 19.0 Å². The Bertz CT molecular complexity index is 1180. The van der Waals surface area contributed by atoms with Gasteiger partial charge in [0, 0.05) is 30.5 Å². The Morgan fingerprint density at radius 3 is 2.65 bits per heavy atom. The van der Waals surface area contributed by atoms with Gasteiger partial charge in [-0.15, -0.1) is 0 Å². The number of nitrogens with zero attached hydrogens (tertiary/aromatic N) is 4. The molecule has 2 aromatic heterocycles. The van der Waals surface area contributed by atoms with Crippen LogP contribution >= 0.6 is 0 Å². The zero-order valence-corrected chi connectivity index (χ0v) is 17.6. The first-order valence-corrected chi connectivity index (χ1v) is 10.2. The van der Waals surface area contributed by atoms with Crippen LogP contribution in [0.3, 0.4) is 0 Å². The maximum atomic E-state index is 12.3. The van der Waals surface area contributed by atoms with Gasteiger partial charge in [0.25, 0.3) is 0 Å². The van der Waals surface area contributed by atoms with Crippen molar-refractivity contribution in [1.82, 2.24) is 24.8 Å². The van der Waals surface area contributed by atoms with Crippen LogP contribution in [0.4, 0.5) is 17.5 Å². The molecule has 1 amide bonds. The summed E-state index contributed by atoms with van der Waals surface area (Å²) in [6.45, 7) is 5.18. The standard InChI is InChI=1S/C23H25N7O/c1-16-7-9-18(10-8-16)28-21-13-17(2)27-23(29-21)25-12-11-24-22(31)14-30-15-26-19-5-3-4-6-20(19)30/h3-10,13,15H,11-12,14H2,1-2H3,(H,24,31)(H2,25,27,28,29). The monoisotopic (exact) mass is 415 g/mol. The van der Waals surface area contributed by atoms with Crippen LogP contribution in [-0.2, 0) is 11.3 Å². The minimum Gasteiger partial charge on any atom is -0.353 e. The number of carbonyl (C=O) groups excluding carboxylic acids is 1. The second kappa shape index (κ2) is 9.25. The van der Waals surface area contributed by atoms with Gasteiger partial charge in [-0.25, -0.2) is 9.97 Å². The normalized spacial score (nSPS) is 10.8. The molecule has 4 aromatic rings. The van der Waals surface area contributed by atoms with E-state index in [9.17, 15) is 4.79 Å². The van der Waals surface area contributed by atoms with E-state index in [1.165, 1.54) is 5.56 Å². The van der Waals surface area contributed by atoms with Crippen molar-refractivity contribution < 1.29 is 4.79 Å². The van der Waals surface area contributed by atoms with E-state index in [1.807, 2.05) is 66.1 Å². The Kier molecular flexibility index (Phi) is 6.07. The molecule has 0 bridgehead atoms. The summed E-state index contributed by atoms with van der Waals surface area (Å²) in [4.78, 5) is 25.5. The number of nitrogens with one attached hydrogen (secondary N) is 3. The number of rotatable bonds is 8. The van der Waals surface area contributed by atoms with Crippen molar-refractivity contribution in [2.75, 3.05) is 23.7 Å². The van der Waals surface area contributed by atoms with Crippen molar-refractivity contribution in [3.8, 4) is 0 Å². The zero-order chi connectivity index (χ0) is 21.6. The minimum atomic E-state index is -0.0724. The Morgan fingerprint density at radius 1 is 1.00 bits per heavy atom. The number of aryl methyl sites for hydroxylation is 2. The number of para-hydroxylation sites is 2. The first-order chi connectivity index (χ1) is 15.1. The molecule has 8 heteroatoms. The van der Waals surface area contributed by atoms with Gasteiger partial charge in [0.1, 0.15) is 12.4 Å². The number of imidazole rings is 1. The van der Waals surface area contributed by atoms with Crippen LogP contribution in [0.25, 0.3) is 11.0 Å². The third kappa shape index (κ3) is 5.36. The summed E-state index contributed by atoms with van der Waals surface area (Å²) in [5, 5.41) is 9.37. The maximum absolute atomic E-state index is 12.3. The lowest BCUT2D eigenvalue weighted by Crippen LogP contribution is -2.31. The molecule has 0 saturated carbocycles. The molecule has 8 nitrogen and oxygen atoms in total. The molecule has 3 N–H and O–H groups in total. The number of benzene rings is 2.